The molecule has 0 radical (unpaired) electrons. The Bertz CT molecular complexity index is 381. The first kappa shape index (κ1) is 14.6. The van der Waals surface area contributed by atoms with Crippen molar-refractivity contribution in [1.29, 1.82) is 0 Å². The van der Waals surface area contributed by atoms with E-state index in [1.165, 1.54) is 12.1 Å². The van der Waals surface area contributed by atoms with E-state index in [2.05, 4.69) is 0 Å². The van der Waals surface area contributed by atoms with Gasteiger partial charge in [0.2, 0.25) is 5.91 Å². The fraction of sp³-hybridized carbons (Fsp3) is 0.462. The molecule has 4 nitrogen and oxygen atoms in total. The van der Waals surface area contributed by atoms with Gasteiger partial charge < -0.3 is 15.4 Å². The third-order valence-corrected chi connectivity index (χ3v) is 2.58. The van der Waals surface area contributed by atoms with Gasteiger partial charge in [0.1, 0.15) is 5.82 Å². The SMILES string of the molecule is COCC(N)CN(C)C(=O)Cc1ccc(F)cc1. The summed E-state index contributed by atoms with van der Waals surface area (Å²) in [6.45, 7) is 0.849. The minimum absolute atomic E-state index is 0.0480. The number of nitrogens with zero attached hydrogens (tertiary/aromatic N) is 1. The number of hydrogen-bond acceptors (Lipinski definition) is 3. The quantitative estimate of drug-likeness (QED) is 0.817. The second-order valence-electron chi connectivity index (χ2n) is 4.29. The molecule has 0 aliphatic carbocycles. The Morgan fingerprint density at radius 3 is 2.61 bits per heavy atom. The van der Waals surface area contributed by atoms with Crippen LogP contribution in [0.25, 0.3) is 0 Å². The van der Waals surface area contributed by atoms with Crippen molar-refractivity contribution in [3.8, 4) is 0 Å². The van der Waals surface area contributed by atoms with Gasteiger partial charge in [0.15, 0.2) is 0 Å². The molecule has 18 heavy (non-hydrogen) atoms. The molecular weight excluding hydrogens is 235 g/mol. The minimum Gasteiger partial charge on any atom is -0.383 e. The van der Waals surface area contributed by atoms with Crippen LogP contribution in [0.4, 0.5) is 4.39 Å². The molecule has 0 bridgehead atoms. The summed E-state index contributed by atoms with van der Waals surface area (Å²) < 4.78 is 17.6. The van der Waals surface area contributed by atoms with Crippen molar-refractivity contribution in [2.75, 3.05) is 27.3 Å². The summed E-state index contributed by atoms with van der Waals surface area (Å²) in [5.74, 6) is -0.352. The van der Waals surface area contributed by atoms with Gasteiger partial charge in [-0.05, 0) is 17.7 Å². The van der Waals surface area contributed by atoms with Gasteiger partial charge in [-0.15, -0.1) is 0 Å². The number of carbonyl (C=O) groups is 1. The Hall–Kier alpha value is -1.46. The van der Waals surface area contributed by atoms with Gasteiger partial charge in [0, 0.05) is 26.7 Å². The zero-order valence-electron chi connectivity index (χ0n) is 10.7. The second kappa shape index (κ2) is 7.08. The van der Waals surface area contributed by atoms with E-state index in [-0.39, 0.29) is 24.2 Å². The molecule has 0 fully saturated rings. The van der Waals surface area contributed by atoms with Crippen LogP contribution in [0.5, 0.6) is 0 Å². The smallest absolute Gasteiger partial charge is 0.226 e. The van der Waals surface area contributed by atoms with E-state index in [1.54, 1.807) is 31.2 Å². The highest BCUT2D eigenvalue weighted by Crippen LogP contribution is 2.05. The summed E-state index contributed by atoms with van der Waals surface area (Å²) in [5.41, 5.74) is 6.55. The van der Waals surface area contributed by atoms with Crippen molar-refractivity contribution >= 4 is 5.91 Å². The summed E-state index contributed by atoms with van der Waals surface area (Å²) in [6, 6.07) is 5.71. The average molecular weight is 254 g/mol. The lowest BCUT2D eigenvalue weighted by Gasteiger charge is -2.21. The number of carbonyl (C=O) groups excluding carboxylic acids is 1. The van der Waals surface area contributed by atoms with Crippen LogP contribution in [0.3, 0.4) is 0 Å². The predicted octanol–water partition coefficient (Wildman–Crippen LogP) is 0.800. The third kappa shape index (κ3) is 4.81. The largest absolute Gasteiger partial charge is 0.383 e. The maximum atomic E-state index is 12.7. The van der Waals surface area contributed by atoms with Crippen LogP contribution in [0.1, 0.15) is 5.56 Å². The summed E-state index contributed by atoms with van der Waals surface area (Å²) in [6.07, 6.45) is 0.247. The van der Waals surface area contributed by atoms with E-state index >= 15 is 0 Å². The molecule has 1 rings (SSSR count). The molecule has 0 saturated heterocycles. The van der Waals surface area contributed by atoms with Gasteiger partial charge in [-0.1, -0.05) is 12.1 Å². The molecule has 100 valence electrons. The van der Waals surface area contributed by atoms with Gasteiger partial charge in [0.05, 0.1) is 13.0 Å². The minimum atomic E-state index is -0.304. The fourth-order valence-corrected chi connectivity index (χ4v) is 1.63. The van der Waals surface area contributed by atoms with Crippen LogP contribution in [0.15, 0.2) is 24.3 Å². The summed E-state index contributed by atoms with van der Waals surface area (Å²) in [4.78, 5) is 13.4. The molecule has 0 aliphatic heterocycles. The van der Waals surface area contributed by atoms with Crippen molar-refractivity contribution in [3.05, 3.63) is 35.6 Å². The summed E-state index contributed by atoms with van der Waals surface area (Å²) in [5, 5.41) is 0. The number of amides is 1. The zero-order chi connectivity index (χ0) is 13.5. The zero-order valence-corrected chi connectivity index (χ0v) is 10.7. The van der Waals surface area contributed by atoms with Gasteiger partial charge in [-0.2, -0.15) is 0 Å². The molecule has 0 aliphatic rings. The highest BCUT2D eigenvalue weighted by molar-refractivity contribution is 5.78. The number of hydrogen-bond donors (Lipinski definition) is 1. The van der Waals surface area contributed by atoms with E-state index in [4.69, 9.17) is 10.5 Å². The summed E-state index contributed by atoms with van der Waals surface area (Å²) in [7, 11) is 3.27. The van der Waals surface area contributed by atoms with Crippen molar-refractivity contribution in [2.24, 2.45) is 5.73 Å². The first-order valence-corrected chi connectivity index (χ1v) is 5.76. The van der Waals surface area contributed by atoms with E-state index in [0.29, 0.717) is 13.2 Å². The molecule has 1 unspecified atom stereocenters. The summed E-state index contributed by atoms with van der Waals surface area (Å²) >= 11 is 0. The average Bonchev–Trinajstić information content (AvgIpc) is 2.32. The van der Waals surface area contributed by atoms with E-state index in [1.807, 2.05) is 0 Å². The lowest BCUT2D eigenvalue weighted by Crippen LogP contribution is -2.41. The molecule has 5 heteroatoms. The number of nitrogens with two attached hydrogens (primary N) is 1. The van der Waals surface area contributed by atoms with Crippen LogP contribution in [0.2, 0.25) is 0 Å². The van der Waals surface area contributed by atoms with Crippen LogP contribution in [-0.4, -0.2) is 44.2 Å². The molecule has 0 saturated carbocycles. The molecule has 0 heterocycles. The normalized spacial score (nSPS) is 12.2. The maximum absolute atomic E-state index is 12.7. The number of likely N-dealkylation sites (N-methyl/N-ethyl adjacent to an activating group) is 1. The van der Waals surface area contributed by atoms with E-state index < -0.39 is 0 Å². The predicted molar refractivity (Wildman–Crippen MR) is 67.6 cm³/mol. The number of rotatable bonds is 6. The molecule has 0 aromatic heterocycles. The van der Waals surface area contributed by atoms with E-state index in [0.717, 1.165) is 5.56 Å². The van der Waals surface area contributed by atoms with Crippen molar-refractivity contribution in [2.45, 2.75) is 12.5 Å². The highest BCUT2D eigenvalue weighted by Gasteiger charge is 2.13. The van der Waals surface area contributed by atoms with Gasteiger partial charge in [0.25, 0.3) is 0 Å². The topological polar surface area (TPSA) is 55.6 Å². The second-order valence-corrected chi connectivity index (χ2v) is 4.29. The lowest BCUT2D eigenvalue weighted by atomic mass is 10.1. The molecule has 1 aromatic carbocycles. The Balaban J connectivity index is 2.46. The molecule has 0 spiro atoms. The Kier molecular flexibility index (Phi) is 5.74. The van der Waals surface area contributed by atoms with Gasteiger partial charge >= 0.3 is 0 Å². The standard InChI is InChI=1S/C13H19FN2O2/c1-16(8-12(15)9-18-2)13(17)7-10-3-5-11(14)6-4-10/h3-6,12H,7-9,15H2,1-2H3. The van der Waals surface area contributed by atoms with Gasteiger partial charge in [-0.25, -0.2) is 4.39 Å². The number of methoxy groups -OCH3 is 1. The Morgan fingerprint density at radius 1 is 1.44 bits per heavy atom. The van der Waals surface area contributed by atoms with Crippen LogP contribution < -0.4 is 5.73 Å². The van der Waals surface area contributed by atoms with Gasteiger partial charge in [-0.3, -0.25) is 4.79 Å². The molecule has 1 aromatic rings. The number of ether oxygens (including phenoxy) is 1. The van der Waals surface area contributed by atoms with Crippen molar-refractivity contribution in [1.82, 2.24) is 4.90 Å². The van der Waals surface area contributed by atoms with Crippen LogP contribution in [-0.2, 0) is 16.0 Å². The maximum Gasteiger partial charge on any atom is 0.226 e. The first-order chi connectivity index (χ1) is 8.52. The molecule has 1 atom stereocenters. The van der Waals surface area contributed by atoms with Crippen molar-refractivity contribution in [3.63, 3.8) is 0 Å². The highest BCUT2D eigenvalue weighted by atomic mass is 19.1. The Morgan fingerprint density at radius 2 is 2.06 bits per heavy atom. The molecule has 2 N–H and O–H groups in total. The van der Waals surface area contributed by atoms with Crippen LogP contribution in [0, 0.1) is 5.82 Å². The molecule has 1 amide bonds. The third-order valence-electron chi connectivity index (χ3n) is 2.58. The Labute approximate surface area is 107 Å². The monoisotopic (exact) mass is 254 g/mol. The van der Waals surface area contributed by atoms with Crippen LogP contribution >= 0.6 is 0 Å². The number of benzene rings is 1. The van der Waals surface area contributed by atoms with Crippen molar-refractivity contribution < 1.29 is 13.9 Å². The lowest BCUT2D eigenvalue weighted by molar-refractivity contribution is -0.129. The van der Waals surface area contributed by atoms with E-state index in [9.17, 15) is 9.18 Å². The molecular formula is C13H19FN2O2. The number of halogens is 1. The first-order valence-electron chi connectivity index (χ1n) is 5.76. The fourth-order valence-electron chi connectivity index (χ4n) is 1.63.